The Balaban J connectivity index is 2.53. The molecule has 0 unspecified atom stereocenters. The summed E-state index contributed by atoms with van der Waals surface area (Å²) in [4.78, 5) is 0. The summed E-state index contributed by atoms with van der Waals surface area (Å²) in [5.74, 6) is 2.46. The first-order valence-corrected chi connectivity index (χ1v) is 4.95. The average Bonchev–Trinajstić information content (AvgIpc) is 1.81. The molecule has 8 heavy (non-hydrogen) atoms. The van der Waals surface area contributed by atoms with Gasteiger partial charge in [0.2, 0.25) is 0 Å². The number of hydrogen-bond donors (Lipinski definition) is 0. The Bertz CT molecular complexity index is 37.4. The molecule has 0 amide bonds. The Morgan fingerprint density at radius 3 is 2.75 bits per heavy atom. The molecule has 0 aromatic rings. The Morgan fingerprint density at radius 2 is 2.25 bits per heavy atom. The fourth-order valence-corrected chi connectivity index (χ4v) is 1.67. The van der Waals surface area contributed by atoms with Gasteiger partial charge in [0.15, 0.2) is 0 Å². The number of thioether (sulfide) groups is 1. The van der Waals surface area contributed by atoms with Crippen LogP contribution in [-0.2, 0) is 4.43 Å². The van der Waals surface area contributed by atoms with Crippen molar-refractivity contribution in [3.05, 3.63) is 0 Å². The number of hydrogen-bond acceptors (Lipinski definition) is 2. The minimum absolute atomic E-state index is 0.894. The largest absolute Gasteiger partial charge is 0.427 e. The smallest absolute Gasteiger partial charge is 0.146 e. The second-order valence-corrected chi connectivity index (χ2v) is 3.41. The van der Waals surface area contributed by atoms with Gasteiger partial charge in [0, 0.05) is 12.4 Å². The Kier molecular flexibility index (Phi) is 8.02. The number of rotatable bonds is 5. The van der Waals surface area contributed by atoms with Gasteiger partial charge < -0.3 is 4.43 Å². The first-order valence-electron chi connectivity index (χ1n) is 2.98. The van der Waals surface area contributed by atoms with Crippen LogP contribution in [0.15, 0.2) is 0 Å². The highest BCUT2D eigenvalue weighted by atomic mass is 32.2. The third kappa shape index (κ3) is 6.53. The van der Waals surface area contributed by atoms with E-state index in [0.717, 1.165) is 17.1 Å². The molecule has 0 radical (unpaired) electrons. The standard InChI is InChI=1S/C5H14OSSi/c1-2-4-7-5-3-6-8/h2-5H2,1,8H3. The molecule has 0 N–H and O–H groups in total. The van der Waals surface area contributed by atoms with E-state index in [-0.39, 0.29) is 0 Å². The van der Waals surface area contributed by atoms with Gasteiger partial charge in [-0.25, -0.2) is 0 Å². The van der Waals surface area contributed by atoms with Crippen molar-refractivity contribution in [2.24, 2.45) is 0 Å². The highest BCUT2D eigenvalue weighted by Crippen LogP contribution is 1.99. The third-order valence-corrected chi connectivity index (χ3v) is 2.34. The van der Waals surface area contributed by atoms with Crippen molar-refractivity contribution < 1.29 is 4.43 Å². The van der Waals surface area contributed by atoms with Crippen LogP contribution in [0.1, 0.15) is 13.3 Å². The molecule has 0 saturated carbocycles. The third-order valence-electron chi connectivity index (χ3n) is 0.780. The van der Waals surface area contributed by atoms with Crippen LogP contribution in [0.4, 0.5) is 0 Å². The van der Waals surface area contributed by atoms with Crippen molar-refractivity contribution in [3.63, 3.8) is 0 Å². The fraction of sp³-hybridized carbons (Fsp3) is 1.00. The summed E-state index contributed by atoms with van der Waals surface area (Å²) in [5.41, 5.74) is 0. The molecular formula is C5H14OSSi. The van der Waals surface area contributed by atoms with Crippen molar-refractivity contribution >= 4 is 22.2 Å². The lowest BCUT2D eigenvalue weighted by Crippen LogP contribution is -1.92. The van der Waals surface area contributed by atoms with Crippen molar-refractivity contribution in [1.82, 2.24) is 0 Å². The average molecular weight is 150 g/mol. The first-order chi connectivity index (χ1) is 3.91. The summed E-state index contributed by atoms with van der Waals surface area (Å²) in [6, 6.07) is 0. The van der Waals surface area contributed by atoms with Gasteiger partial charge in [0.1, 0.15) is 10.5 Å². The summed E-state index contributed by atoms with van der Waals surface area (Å²) in [6.45, 7) is 3.16. The van der Waals surface area contributed by atoms with Crippen molar-refractivity contribution in [2.45, 2.75) is 13.3 Å². The van der Waals surface area contributed by atoms with E-state index in [2.05, 4.69) is 6.92 Å². The molecule has 0 aliphatic rings. The summed E-state index contributed by atoms with van der Waals surface area (Å²) in [6.07, 6.45) is 1.28. The molecule has 3 heteroatoms. The molecule has 0 atom stereocenters. The van der Waals surface area contributed by atoms with Gasteiger partial charge in [-0.05, 0) is 12.2 Å². The van der Waals surface area contributed by atoms with Crippen LogP contribution in [0, 0.1) is 0 Å². The van der Waals surface area contributed by atoms with Gasteiger partial charge in [-0.3, -0.25) is 0 Å². The maximum Gasteiger partial charge on any atom is 0.146 e. The molecule has 0 rings (SSSR count). The molecule has 0 bridgehead atoms. The van der Waals surface area contributed by atoms with Crippen molar-refractivity contribution in [2.75, 3.05) is 18.1 Å². The van der Waals surface area contributed by atoms with Gasteiger partial charge in [-0.15, -0.1) is 0 Å². The molecule has 1 nitrogen and oxygen atoms in total. The molecule has 0 aromatic carbocycles. The monoisotopic (exact) mass is 150 g/mol. The highest BCUT2D eigenvalue weighted by molar-refractivity contribution is 7.99. The normalized spacial score (nSPS) is 10.1. The van der Waals surface area contributed by atoms with Crippen molar-refractivity contribution in [1.29, 1.82) is 0 Å². The van der Waals surface area contributed by atoms with Gasteiger partial charge in [-0.2, -0.15) is 11.8 Å². The molecule has 50 valence electrons. The van der Waals surface area contributed by atoms with Gasteiger partial charge in [0.25, 0.3) is 0 Å². The van der Waals surface area contributed by atoms with Gasteiger partial charge >= 0.3 is 0 Å². The van der Waals surface area contributed by atoms with Gasteiger partial charge in [-0.1, -0.05) is 6.92 Å². The molecule has 0 aliphatic heterocycles. The van der Waals surface area contributed by atoms with Crippen LogP contribution in [0.3, 0.4) is 0 Å². The second kappa shape index (κ2) is 7.53. The second-order valence-electron chi connectivity index (χ2n) is 1.61. The molecule has 0 aromatic heterocycles. The highest BCUT2D eigenvalue weighted by Gasteiger charge is 1.82. The molecule has 0 spiro atoms. The SMILES string of the molecule is CCCSCCO[SiH3]. The van der Waals surface area contributed by atoms with E-state index in [4.69, 9.17) is 4.43 Å². The van der Waals surface area contributed by atoms with E-state index in [9.17, 15) is 0 Å². The lowest BCUT2D eigenvalue weighted by Gasteiger charge is -1.96. The molecular weight excluding hydrogens is 136 g/mol. The van der Waals surface area contributed by atoms with E-state index < -0.39 is 0 Å². The lowest BCUT2D eigenvalue weighted by molar-refractivity contribution is 0.380. The quantitative estimate of drug-likeness (QED) is 0.415. The predicted octanol–water partition coefficient (Wildman–Crippen LogP) is 0.427. The van der Waals surface area contributed by atoms with E-state index in [1.165, 1.54) is 17.9 Å². The Labute approximate surface area is 58.7 Å². The minimum atomic E-state index is 0.894. The fourth-order valence-electron chi connectivity index (χ4n) is 0.389. The maximum absolute atomic E-state index is 5.01. The summed E-state index contributed by atoms with van der Waals surface area (Å²) < 4.78 is 5.01. The van der Waals surface area contributed by atoms with Crippen LogP contribution in [-0.4, -0.2) is 28.6 Å². The zero-order valence-electron chi connectivity index (χ0n) is 5.64. The van der Waals surface area contributed by atoms with E-state index in [1.807, 2.05) is 11.8 Å². The molecule has 0 aliphatic carbocycles. The van der Waals surface area contributed by atoms with Gasteiger partial charge in [0.05, 0.1) is 0 Å². The van der Waals surface area contributed by atoms with Crippen LogP contribution in [0.25, 0.3) is 0 Å². The molecule has 0 heterocycles. The summed E-state index contributed by atoms with van der Waals surface area (Å²) >= 11 is 1.98. The van der Waals surface area contributed by atoms with E-state index in [0.29, 0.717) is 0 Å². The first kappa shape index (κ1) is 8.53. The Hall–Kier alpha value is 0.527. The van der Waals surface area contributed by atoms with Crippen LogP contribution >= 0.6 is 11.8 Å². The van der Waals surface area contributed by atoms with Crippen LogP contribution < -0.4 is 0 Å². The molecule has 0 saturated heterocycles. The van der Waals surface area contributed by atoms with Crippen LogP contribution in [0.2, 0.25) is 0 Å². The Morgan fingerprint density at radius 1 is 1.50 bits per heavy atom. The maximum atomic E-state index is 5.01. The zero-order chi connectivity index (χ0) is 6.24. The summed E-state index contributed by atoms with van der Waals surface area (Å²) in [5, 5.41) is 0. The van der Waals surface area contributed by atoms with Crippen LogP contribution in [0.5, 0.6) is 0 Å². The van der Waals surface area contributed by atoms with E-state index >= 15 is 0 Å². The predicted molar refractivity (Wildman–Crippen MR) is 43.5 cm³/mol. The summed E-state index contributed by atoms with van der Waals surface area (Å²) in [7, 11) is 0.894. The topological polar surface area (TPSA) is 9.23 Å². The minimum Gasteiger partial charge on any atom is -0.427 e. The van der Waals surface area contributed by atoms with E-state index in [1.54, 1.807) is 0 Å². The lowest BCUT2D eigenvalue weighted by atomic mass is 10.6. The zero-order valence-corrected chi connectivity index (χ0v) is 8.46. The molecule has 0 fully saturated rings. The van der Waals surface area contributed by atoms with Crippen molar-refractivity contribution in [3.8, 4) is 0 Å².